The molecule has 0 aliphatic carbocycles. The lowest BCUT2D eigenvalue weighted by Crippen LogP contribution is -2.22. The largest absolute Gasteiger partial charge is 0.354 e. The molecule has 1 N–H and O–H groups in total. The first-order chi connectivity index (χ1) is 10.2. The molecule has 1 heterocycles. The Bertz CT molecular complexity index is 655. The van der Waals surface area contributed by atoms with Crippen LogP contribution in [0.2, 0.25) is 0 Å². The number of hydrogen-bond donors (Lipinski definition) is 1. The van der Waals surface area contributed by atoms with Gasteiger partial charge in [-0.05, 0) is 46.2 Å². The summed E-state index contributed by atoms with van der Waals surface area (Å²) in [5.41, 5.74) is 5.62. The van der Waals surface area contributed by atoms with Crippen molar-refractivity contribution < 1.29 is 0 Å². The van der Waals surface area contributed by atoms with Crippen LogP contribution in [0.1, 0.15) is 52.7 Å². The van der Waals surface area contributed by atoms with Crippen molar-refractivity contribution in [2.45, 2.75) is 62.2 Å². The van der Waals surface area contributed by atoms with Crippen molar-refractivity contribution in [3.8, 4) is 0 Å². The summed E-state index contributed by atoms with van der Waals surface area (Å²) >= 11 is 1.87. The summed E-state index contributed by atoms with van der Waals surface area (Å²) in [7, 11) is 0. The van der Waals surface area contributed by atoms with Crippen molar-refractivity contribution in [1.82, 2.24) is 0 Å². The second-order valence-corrected chi connectivity index (χ2v) is 9.20. The van der Waals surface area contributed by atoms with Crippen LogP contribution in [0.4, 0.5) is 11.4 Å². The molecule has 22 heavy (non-hydrogen) atoms. The van der Waals surface area contributed by atoms with Gasteiger partial charge in [-0.1, -0.05) is 65.4 Å². The Hall–Kier alpha value is -1.41. The van der Waals surface area contributed by atoms with E-state index < -0.39 is 0 Å². The third kappa shape index (κ3) is 2.77. The van der Waals surface area contributed by atoms with Gasteiger partial charge in [-0.3, -0.25) is 0 Å². The number of nitrogens with one attached hydrogen (secondary N) is 1. The zero-order valence-electron chi connectivity index (χ0n) is 14.4. The van der Waals surface area contributed by atoms with Crippen LogP contribution in [0.3, 0.4) is 0 Å². The fourth-order valence-electron chi connectivity index (χ4n) is 2.93. The zero-order chi connectivity index (χ0) is 16.1. The van der Waals surface area contributed by atoms with Gasteiger partial charge in [-0.25, -0.2) is 0 Å². The van der Waals surface area contributed by atoms with Gasteiger partial charge in [0.2, 0.25) is 0 Å². The predicted octanol–water partition coefficient (Wildman–Crippen LogP) is 6.49. The molecule has 0 aromatic heterocycles. The van der Waals surface area contributed by atoms with E-state index in [1.165, 1.54) is 32.3 Å². The van der Waals surface area contributed by atoms with E-state index in [4.69, 9.17) is 0 Å². The summed E-state index contributed by atoms with van der Waals surface area (Å²) < 4.78 is 0. The number of hydrogen-bond acceptors (Lipinski definition) is 2. The number of para-hydroxylation sites is 1. The summed E-state index contributed by atoms with van der Waals surface area (Å²) in [4.78, 5) is 2.63. The minimum absolute atomic E-state index is 0.140. The summed E-state index contributed by atoms with van der Waals surface area (Å²) in [6.45, 7) is 13.8. The van der Waals surface area contributed by atoms with Crippen LogP contribution in [-0.2, 0) is 10.8 Å². The number of fused-ring (bicyclic) bond motifs is 2. The van der Waals surface area contributed by atoms with Crippen molar-refractivity contribution >= 4 is 23.1 Å². The fourth-order valence-corrected chi connectivity index (χ4v) is 3.93. The molecule has 0 radical (unpaired) electrons. The molecule has 2 aromatic carbocycles. The average molecular weight is 311 g/mol. The van der Waals surface area contributed by atoms with E-state index >= 15 is 0 Å². The molecule has 0 atom stereocenters. The van der Waals surface area contributed by atoms with Crippen LogP contribution in [-0.4, -0.2) is 0 Å². The topological polar surface area (TPSA) is 12.0 Å². The van der Waals surface area contributed by atoms with Gasteiger partial charge in [0.15, 0.2) is 0 Å². The van der Waals surface area contributed by atoms with Gasteiger partial charge in [0.05, 0.1) is 11.4 Å². The number of rotatable bonds is 0. The Kier molecular flexibility index (Phi) is 3.56. The van der Waals surface area contributed by atoms with Gasteiger partial charge < -0.3 is 5.32 Å². The van der Waals surface area contributed by atoms with Gasteiger partial charge in [-0.15, -0.1) is 0 Å². The molecule has 0 saturated carbocycles. The molecule has 2 aromatic rings. The maximum Gasteiger partial charge on any atom is 0.0529 e. The first-order valence-electron chi connectivity index (χ1n) is 7.89. The molecular formula is C20H25NS. The molecule has 2 heteroatoms. The smallest absolute Gasteiger partial charge is 0.0529 e. The molecular weight excluding hydrogens is 286 g/mol. The van der Waals surface area contributed by atoms with E-state index in [1.807, 2.05) is 11.8 Å². The van der Waals surface area contributed by atoms with Crippen molar-refractivity contribution in [2.75, 3.05) is 5.32 Å². The van der Waals surface area contributed by atoms with Gasteiger partial charge in [-0.2, -0.15) is 0 Å². The molecule has 0 spiro atoms. The maximum atomic E-state index is 3.61. The SMILES string of the molecule is CC(C)(C)c1cc2c(cc1C(C)(C)C)Sc1ccccc1N2. The van der Waals surface area contributed by atoms with Crippen molar-refractivity contribution in [3.63, 3.8) is 0 Å². The van der Waals surface area contributed by atoms with E-state index in [9.17, 15) is 0 Å². The Morgan fingerprint density at radius 3 is 1.95 bits per heavy atom. The predicted molar refractivity (Wildman–Crippen MR) is 97.7 cm³/mol. The van der Waals surface area contributed by atoms with Crippen LogP contribution in [0, 0.1) is 0 Å². The van der Waals surface area contributed by atoms with Gasteiger partial charge in [0, 0.05) is 9.79 Å². The van der Waals surface area contributed by atoms with E-state index in [1.54, 1.807) is 0 Å². The Labute approximate surface area is 138 Å². The molecule has 1 aliphatic heterocycles. The molecule has 1 nitrogen and oxygen atoms in total. The zero-order valence-corrected chi connectivity index (χ0v) is 15.2. The van der Waals surface area contributed by atoms with Gasteiger partial charge >= 0.3 is 0 Å². The lowest BCUT2D eigenvalue weighted by molar-refractivity contribution is 0.529. The monoisotopic (exact) mass is 311 g/mol. The highest BCUT2D eigenvalue weighted by Crippen LogP contribution is 2.47. The van der Waals surface area contributed by atoms with Crippen molar-refractivity contribution in [3.05, 3.63) is 47.5 Å². The van der Waals surface area contributed by atoms with Gasteiger partial charge in [0.1, 0.15) is 0 Å². The number of anilines is 2. The normalized spacial score (nSPS) is 14.1. The Balaban J connectivity index is 2.17. The first kappa shape index (κ1) is 15.5. The van der Waals surface area contributed by atoms with Crippen LogP contribution >= 0.6 is 11.8 Å². The summed E-state index contributed by atoms with van der Waals surface area (Å²) in [5, 5.41) is 3.61. The molecule has 1 aliphatic rings. The molecule has 3 rings (SSSR count). The van der Waals surface area contributed by atoms with E-state index in [-0.39, 0.29) is 10.8 Å². The third-order valence-electron chi connectivity index (χ3n) is 4.11. The summed E-state index contributed by atoms with van der Waals surface area (Å²) in [5.74, 6) is 0. The van der Waals surface area contributed by atoms with E-state index in [2.05, 4.69) is 83.3 Å². The summed E-state index contributed by atoms with van der Waals surface area (Å²) in [6, 6.07) is 13.3. The van der Waals surface area contributed by atoms with Crippen LogP contribution < -0.4 is 5.32 Å². The molecule has 0 amide bonds. The van der Waals surface area contributed by atoms with Crippen LogP contribution in [0.25, 0.3) is 0 Å². The second-order valence-electron chi connectivity index (χ2n) is 8.12. The highest BCUT2D eigenvalue weighted by molar-refractivity contribution is 7.99. The standard InChI is InChI=1S/C20H25NS/c1-19(2,3)13-11-16-18(12-14(13)20(4,5)6)22-17-10-8-7-9-15(17)21-16/h7-12,21H,1-6H3. The Morgan fingerprint density at radius 2 is 1.32 bits per heavy atom. The molecule has 0 saturated heterocycles. The lowest BCUT2D eigenvalue weighted by atomic mass is 9.75. The quantitative estimate of drug-likeness (QED) is 0.509. The lowest BCUT2D eigenvalue weighted by Gasteiger charge is -2.33. The van der Waals surface area contributed by atoms with Crippen molar-refractivity contribution in [2.24, 2.45) is 0 Å². The molecule has 0 bridgehead atoms. The first-order valence-corrected chi connectivity index (χ1v) is 8.71. The second kappa shape index (κ2) is 5.06. The van der Waals surface area contributed by atoms with Gasteiger partial charge in [0.25, 0.3) is 0 Å². The molecule has 116 valence electrons. The maximum absolute atomic E-state index is 3.61. The van der Waals surface area contributed by atoms with E-state index in [0.29, 0.717) is 0 Å². The van der Waals surface area contributed by atoms with Crippen LogP contribution in [0.15, 0.2) is 46.2 Å². The van der Waals surface area contributed by atoms with Crippen LogP contribution in [0.5, 0.6) is 0 Å². The van der Waals surface area contributed by atoms with Crippen molar-refractivity contribution in [1.29, 1.82) is 0 Å². The highest BCUT2D eigenvalue weighted by Gasteiger charge is 2.28. The third-order valence-corrected chi connectivity index (χ3v) is 5.25. The highest BCUT2D eigenvalue weighted by atomic mass is 32.2. The average Bonchev–Trinajstić information content (AvgIpc) is 2.41. The minimum Gasteiger partial charge on any atom is -0.354 e. The number of benzene rings is 2. The summed E-state index contributed by atoms with van der Waals surface area (Å²) in [6.07, 6.45) is 0. The minimum atomic E-state index is 0.140. The Morgan fingerprint density at radius 1 is 0.727 bits per heavy atom. The molecule has 0 fully saturated rings. The molecule has 0 unspecified atom stereocenters. The van der Waals surface area contributed by atoms with E-state index in [0.717, 1.165) is 0 Å². The fraction of sp³-hybridized carbons (Fsp3) is 0.400.